The van der Waals surface area contributed by atoms with Gasteiger partial charge in [-0.2, -0.15) is 5.26 Å². The molecule has 1 unspecified atom stereocenters. The average molecular weight is 676 g/mol. The lowest BCUT2D eigenvalue weighted by atomic mass is 9.98. The fourth-order valence-electron chi connectivity index (χ4n) is 6.21. The number of fused-ring (bicyclic) bond motifs is 3. The number of anilines is 1. The van der Waals surface area contributed by atoms with Crippen LogP contribution in [0.2, 0.25) is 0 Å². The second-order valence-electron chi connectivity index (χ2n) is 12.8. The number of rotatable bonds is 17. The minimum atomic E-state index is -1.04. The van der Waals surface area contributed by atoms with Crippen molar-refractivity contribution in [1.29, 1.82) is 5.26 Å². The second-order valence-corrected chi connectivity index (χ2v) is 12.8. The van der Waals surface area contributed by atoms with Crippen molar-refractivity contribution in [3.8, 4) is 6.07 Å². The Labute approximate surface area is 288 Å². The van der Waals surface area contributed by atoms with Crippen LogP contribution < -0.4 is 10.9 Å². The Bertz CT molecular complexity index is 1670. The third-order valence-electron chi connectivity index (χ3n) is 9.12. The topological polar surface area (TPSA) is 169 Å². The van der Waals surface area contributed by atoms with Gasteiger partial charge in [0.15, 0.2) is 5.82 Å². The molecule has 0 bridgehead atoms. The molecule has 0 spiro atoms. The highest BCUT2D eigenvalue weighted by Crippen LogP contribution is 2.32. The number of aromatic nitrogens is 2. The maximum Gasteiger partial charge on any atom is 0.300 e. The predicted molar refractivity (Wildman–Crippen MR) is 193 cm³/mol. The summed E-state index contributed by atoms with van der Waals surface area (Å²) in [5.41, 5.74) is 6.90. The third-order valence-corrected chi connectivity index (χ3v) is 9.12. The number of non-ortho nitro benzene ring substituents is 1. The minimum Gasteiger partial charge on any atom is -0.324 e. The molecule has 2 aromatic carbocycles. The van der Waals surface area contributed by atoms with Crippen molar-refractivity contribution in [2.45, 2.75) is 99.0 Å². The van der Waals surface area contributed by atoms with Crippen molar-refractivity contribution < 1.29 is 19.1 Å². The molecule has 1 aromatic heterocycles. The molecule has 13 heteroatoms. The van der Waals surface area contributed by atoms with E-state index < -0.39 is 33.2 Å². The molecule has 0 radical (unpaired) electrons. The van der Waals surface area contributed by atoms with Gasteiger partial charge in [-0.25, -0.2) is 10.4 Å². The Morgan fingerprint density at radius 3 is 1.94 bits per heavy atom. The van der Waals surface area contributed by atoms with Gasteiger partial charge in [0.1, 0.15) is 17.8 Å². The highest BCUT2D eigenvalue weighted by atomic mass is 16.6. The molecular formula is C36H51N8O5+. The van der Waals surface area contributed by atoms with Crippen LogP contribution in [0, 0.1) is 38.5 Å². The maximum absolute atomic E-state index is 13.3. The fraction of sp³-hybridized carbons (Fsp3) is 0.528. The van der Waals surface area contributed by atoms with E-state index in [0.29, 0.717) is 16.6 Å². The summed E-state index contributed by atoms with van der Waals surface area (Å²) < 4.78 is 2.76. The van der Waals surface area contributed by atoms with Gasteiger partial charge in [0.05, 0.1) is 58.7 Å². The van der Waals surface area contributed by atoms with Crippen molar-refractivity contribution in [3.63, 3.8) is 0 Å². The highest BCUT2D eigenvalue weighted by Gasteiger charge is 2.35. The molecule has 0 aliphatic carbocycles. The van der Waals surface area contributed by atoms with E-state index in [-0.39, 0.29) is 17.1 Å². The van der Waals surface area contributed by atoms with Gasteiger partial charge in [-0.3, -0.25) is 29.6 Å². The van der Waals surface area contributed by atoms with Gasteiger partial charge >= 0.3 is 5.69 Å². The van der Waals surface area contributed by atoms with E-state index in [1.54, 1.807) is 19.1 Å². The summed E-state index contributed by atoms with van der Waals surface area (Å²) in [5.74, 6) is -0.199. The molecule has 264 valence electrons. The summed E-state index contributed by atoms with van der Waals surface area (Å²) in [6.07, 6.45) is 11.1. The zero-order valence-corrected chi connectivity index (χ0v) is 29.8. The summed E-state index contributed by atoms with van der Waals surface area (Å²) in [4.78, 5) is 38.5. The number of nitro benzene ring substituents is 2. The lowest BCUT2D eigenvalue weighted by molar-refractivity contribution is -0.929. The first-order chi connectivity index (χ1) is 23.5. The van der Waals surface area contributed by atoms with Gasteiger partial charge < -0.3 is 9.91 Å². The quantitative estimate of drug-likeness (QED) is 0.0815. The summed E-state index contributed by atoms with van der Waals surface area (Å²) in [7, 11) is 0. The number of nitro groups is 2. The first kappa shape index (κ1) is 38.8. The number of carbonyl (C=O) groups excluding carboxylic acids is 1. The van der Waals surface area contributed by atoms with Crippen LogP contribution in [0.4, 0.5) is 17.1 Å². The number of allylic oxidation sites excluding steroid dienone is 1. The van der Waals surface area contributed by atoms with Gasteiger partial charge in [0, 0.05) is 6.07 Å². The van der Waals surface area contributed by atoms with Crippen molar-refractivity contribution in [3.05, 3.63) is 73.6 Å². The monoisotopic (exact) mass is 675 g/mol. The zero-order chi connectivity index (χ0) is 36.1. The Kier molecular flexibility index (Phi) is 14.4. The first-order valence-electron chi connectivity index (χ1n) is 17.4. The van der Waals surface area contributed by atoms with E-state index in [2.05, 4.69) is 49.6 Å². The number of hydrazine groups is 1. The first-order valence-corrected chi connectivity index (χ1v) is 17.4. The van der Waals surface area contributed by atoms with Crippen LogP contribution in [0.25, 0.3) is 16.6 Å². The van der Waals surface area contributed by atoms with E-state index in [1.807, 2.05) is 13.0 Å². The molecule has 2 N–H and O–H groups in total. The molecule has 1 atom stereocenters. The number of nitrogens with one attached hydrogen (secondary N) is 2. The van der Waals surface area contributed by atoms with E-state index >= 15 is 0 Å². The van der Waals surface area contributed by atoms with Crippen LogP contribution in [-0.4, -0.2) is 62.0 Å². The van der Waals surface area contributed by atoms with Crippen LogP contribution >= 0.6 is 0 Å². The molecule has 0 amide bonds. The van der Waals surface area contributed by atoms with Gasteiger partial charge in [0.25, 0.3) is 11.6 Å². The number of aryl methyl sites for hydroxylation is 1. The van der Waals surface area contributed by atoms with E-state index in [4.69, 9.17) is 0 Å². The van der Waals surface area contributed by atoms with Crippen LogP contribution in [0.1, 0.15) is 102 Å². The van der Waals surface area contributed by atoms with Gasteiger partial charge in [0.2, 0.25) is 0 Å². The van der Waals surface area contributed by atoms with E-state index in [9.17, 15) is 30.3 Å². The summed E-state index contributed by atoms with van der Waals surface area (Å²) >= 11 is 0. The SMILES string of the molecule is CC1=C(C#N)c2nc3cc(C)ccc3n2C(=O)C1NNc1ccc([N+](=O)[O-])cc1[N+](=O)[O-].CCCC[N+](CCCC)(CCCC)CCCC. The van der Waals surface area contributed by atoms with Crippen LogP contribution in [0.5, 0.6) is 0 Å². The Morgan fingerprint density at radius 1 is 0.878 bits per heavy atom. The fourth-order valence-corrected chi connectivity index (χ4v) is 6.21. The number of benzene rings is 2. The molecular weight excluding hydrogens is 624 g/mol. The molecule has 0 saturated carbocycles. The smallest absolute Gasteiger partial charge is 0.300 e. The van der Waals surface area contributed by atoms with Crippen LogP contribution in [0.15, 0.2) is 42.0 Å². The van der Waals surface area contributed by atoms with Crippen molar-refractivity contribution in [2.24, 2.45) is 0 Å². The summed E-state index contributed by atoms with van der Waals surface area (Å²) in [6.45, 7) is 18.5. The molecule has 13 nitrogen and oxygen atoms in total. The number of carbonyl (C=O) groups is 1. The lowest BCUT2D eigenvalue weighted by Gasteiger charge is -2.39. The Balaban J connectivity index is 0.000000326. The standard InChI is InChI=1S/C20H15N7O5.C16H36N/c1-10-3-6-16-15(7-10)22-19-13(9-21)11(2)18(20(28)25(16)19)24-23-14-5-4-12(26(29)30)8-17(14)27(31)32;1-5-9-13-17(14-10-6-2,15-11-7-3)16-12-8-4/h3-8,18,23-24H,1-2H3;5-16H2,1-4H3/q;+1. The van der Waals surface area contributed by atoms with E-state index in [1.165, 1.54) is 92.7 Å². The molecule has 1 aliphatic rings. The number of imidazole rings is 1. The van der Waals surface area contributed by atoms with Crippen LogP contribution in [-0.2, 0) is 0 Å². The van der Waals surface area contributed by atoms with Gasteiger partial charge in [-0.1, -0.05) is 59.4 Å². The Hall–Kier alpha value is -4.67. The molecule has 3 aromatic rings. The zero-order valence-electron chi connectivity index (χ0n) is 29.8. The van der Waals surface area contributed by atoms with Crippen LogP contribution in [0.3, 0.4) is 0 Å². The van der Waals surface area contributed by atoms with Crippen molar-refractivity contribution >= 4 is 39.6 Å². The average Bonchev–Trinajstić information content (AvgIpc) is 3.46. The predicted octanol–water partition coefficient (Wildman–Crippen LogP) is 8.10. The largest absolute Gasteiger partial charge is 0.324 e. The molecule has 2 heterocycles. The summed E-state index contributed by atoms with van der Waals surface area (Å²) in [5, 5.41) is 32.0. The Morgan fingerprint density at radius 2 is 1.45 bits per heavy atom. The lowest BCUT2D eigenvalue weighted by Crippen LogP contribution is -2.50. The molecule has 1 aliphatic heterocycles. The molecule has 0 saturated heterocycles. The highest BCUT2D eigenvalue weighted by molar-refractivity contribution is 6.03. The molecule has 0 fully saturated rings. The van der Waals surface area contributed by atoms with Crippen molar-refractivity contribution in [1.82, 2.24) is 15.0 Å². The number of quaternary nitrogens is 1. The normalized spacial score (nSPS) is 14.2. The molecule has 4 rings (SSSR count). The number of nitrogens with zero attached hydrogens (tertiary/aromatic N) is 6. The minimum absolute atomic E-state index is 0.0726. The van der Waals surface area contributed by atoms with Gasteiger partial charge in [-0.05, 0) is 68.9 Å². The second kappa shape index (κ2) is 18.2. The maximum atomic E-state index is 13.3. The van der Waals surface area contributed by atoms with Gasteiger partial charge in [-0.15, -0.1) is 0 Å². The number of nitriles is 1. The number of hydrogen-bond acceptors (Lipinski definition) is 9. The summed E-state index contributed by atoms with van der Waals surface area (Å²) in [6, 6.07) is 9.50. The van der Waals surface area contributed by atoms with Crippen molar-refractivity contribution in [2.75, 3.05) is 31.6 Å². The molecule has 49 heavy (non-hydrogen) atoms. The van der Waals surface area contributed by atoms with E-state index in [0.717, 1.165) is 17.7 Å². The number of unbranched alkanes of at least 4 members (excludes halogenated alkanes) is 4. The number of hydrogen-bond donors (Lipinski definition) is 2. The third kappa shape index (κ3) is 9.49.